The standard InChI is InChI=1S/C19H26N2O/c1-13-4-2-3-5-16(13)17-12-18(17)19(22)20-14-8-10-21(11-9-14)15-6-7-15/h2-5,14-15,17-18H,6-12H2,1H3,(H,20,22)/t17-,18+/m0/s1. The summed E-state index contributed by atoms with van der Waals surface area (Å²) in [7, 11) is 0. The molecule has 0 aromatic heterocycles. The second-order valence-corrected chi connectivity index (χ2v) is 7.36. The number of piperidine rings is 1. The van der Waals surface area contributed by atoms with E-state index in [9.17, 15) is 4.79 Å². The van der Waals surface area contributed by atoms with Crippen molar-refractivity contribution in [2.24, 2.45) is 5.92 Å². The average molecular weight is 298 g/mol. The van der Waals surface area contributed by atoms with Crippen LogP contribution in [0.2, 0.25) is 0 Å². The lowest BCUT2D eigenvalue weighted by Crippen LogP contribution is -2.45. The van der Waals surface area contributed by atoms with Crippen molar-refractivity contribution in [3.63, 3.8) is 0 Å². The Labute approximate surface area is 133 Å². The largest absolute Gasteiger partial charge is 0.353 e. The molecule has 2 aliphatic carbocycles. The number of aryl methyl sites for hydroxylation is 1. The second-order valence-electron chi connectivity index (χ2n) is 7.36. The topological polar surface area (TPSA) is 32.3 Å². The van der Waals surface area contributed by atoms with E-state index in [2.05, 4.69) is 41.4 Å². The summed E-state index contributed by atoms with van der Waals surface area (Å²) < 4.78 is 0. The van der Waals surface area contributed by atoms with Crippen molar-refractivity contribution >= 4 is 5.91 Å². The molecule has 0 unspecified atom stereocenters. The van der Waals surface area contributed by atoms with Crippen LogP contribution in [0.5, 0.6) is 0 Å². The van der Waals surface area contributed by atoms with E-state index in [-0.39, 0.29) is 11.8 Å². The number of carbonyl (C=O) groups excluding carboxylic acids is 1. The van der Waals surface area contributed by atoms with Gasteiger partial charge in [-0.1, -0.05) is 24.3 Å². The summed E-state index contributed by atoms with van der Waals surface area (Å²) in [6, 6.07) is 9.76. The summed E-state index contributed by atoms with van der Waals surface area (Å²) in [4.78, 5) is 15.1. The number of carbonyl (C=O) groups is 1. The lowest BCUT2D eigenvalue weighted by molar-refractivity contribution is -0.123. The predicted octanol–water partition coefficient (Wildman–Crippen LogP) is 2.84. The summed E-state index contributed by atoms with van der Waals surface area (Å²) in [6.07, 6.45) is 6.06. The van der Waals surface area contributed by atoms with Crippen molar-refractivity contribution in [3.05, 3.63) is 35.4 Å². The smallest absolute Gasteiger partial charge is 0.223 e. The minimum absolute atomic E-state index is 0.211. The highest BCUT2D eigenvalue weighted by atomic mass is 16.2. The Bertz CT molecular complexity index is 558. The molecule has 0 bridgehead atoms. The summed E-state index contributed by atoms with van der Waals surface area (Å²) in [5, 5.41) is 3.31. The van der Waals surface area contributed by atoms with E-state index in [1.165, 1.54) is 37.1 Å². The summed E-state index contributed by atoms with van der Waals surface area (Å²) >= 11 is 0. The van der Waals surface area contributed by atoms with Crippen molar-refractivity contribution in [1.29, 1.82) is 0 Å². The van der Waals surface area contributed by atoms with Crippen LogP contribution in [0.1, 0.15) is 49.1 Å². The maximum absolute atomic E-state index is 12.5. The van der Waals surface area contributed by atoms with Crippen LogP contribution in [0.3, 0.4) is 0 Å². The minimum Gasteiger partial charge on any atom is -0.353 e. The van der Waals surface area contributed by atoms with Gasteiger partial charge in [-0.05, 0) is 56.1 Å². The van der Waals surface area contributed by atoms with Crippen LogP contribution >= 0.6 is 0 Å². The number of hydrogen-bond acceptors (Lipinski definition) is 2. The predicted molar refractivity (Wildman–Crippen MR) is 87.8 cm³/mol. The van der Waals surface area contributed by atoms with E-state index in [0.717, 1.165) is 25.3 Å². The van der Waals surface area contributed by atoms with Gasteiger partial charge in [0.2, 0.25) is 5.91 Å². The molecule has 2 saturated carbocycles. The Morgan fingerprint density at radius 2 is 1.86 bits per heavy atom. The first-order valence-corrected chi connectivity index (χ1v) is 8.82. The molecule has 3 nitrogen and oxygen atoms in total. The molecule has 118 valence electrons. The van der Waals surface area contributed by atoms with E-state index in [4.69, 9.17) is 0 Å². The van der Waals surface area contributed by atoms with Gasteiger partial charge < -0.3 is 10.2 Å². The lowest BCUT2D eigenvalue weighted by Gasteiger charge is -2.32. The van der Waals surface area contributed by atoms with Crippen molar-refractivity contribution in [2.45, 2.75) is 57.0 Å². The Hall–Kier alpha value is -1.35. The second kappa shape index (κ2) is 5.69. The van der Waals surface area contributed by atoms with Gasteiger partial charge >= 0.3 is 0 Å². The van der Waals surface area contributed by atoms with Gasteiger partial charge in [0.05, 0.1) is 0 Å². The number of amides is 1. The fourth-order valence-corrected chi connectivity index (χ4v) is 3.99. The Balaban J connectivity index is 1.28. The molecule has 1 saturated heterocycles. The first-order valence-electron chi connectivity index (χ1n) is 8.82. The molecule has 22 heavy (non-hydrogen) atoms. The molecule has 1 N–H and O–H groups in total. The molecule has 1 aromatic rings. The maximum atomic E-state index is 12.5. The van der Waals surface area contributed by atoms with Crippen LogP contribution in [0.25, 0.3) is 0 Å². The molecular formula is C19H26N2O. The van der Waals surface area contributed by atoms with Crippen LogP contribution in [0, 0.1) is 12.8 Å². The van der Waals surface area contributed by atoms with E-state index in [0.29, 0.717) is 12.0 Å². The van der Waals surface area contributed by atoms with Crippen molar-refractivity contribution in [2.75, 3.05) is 13.1 Å². The highest BCUT2D eigenvalue weighted by Gasteiger charge is 2.45. The summed E-state index contributed by atoms with van der Waals surface area (Å²) in [6.45, 7) is 4.49. The van der Waals surface area contributed by atoms with Gasteiger partial charge in [0.1, 0.15) is 0 Å². The molecule has 0 radical (unpaired) electrons. The summed E-state index contributed by atoms with van der Waals surface area (Å²) in [5.74, 6) is 0.952. The first kappa shape index (κ1) is 14.3. The van der Waals surface area contributed by atoms with E-state index >= 15 is 0 Å². The Morgan fingerprint density at radius 1 is 1.14 bits per heavy atom. The maximum Gasteiger partial charge on any atom is 0.223 e. The molecule has 0 spiro atoms. The number of nitrogens with one attached hydrogen (secondary N) is 1. The average Bonchev–Trinajstić information content (AvgIpc) is 3.41. The highest BCUT2D eigenvalue weighted by Crippen LogP contribution is 2.48. The van der Waals surface area contributed by atoms with Crippen LogP contribution < -0.4 is 5.32 Å². The lowest BCUT2D eigenvalue weighted by atomic mass is 10.0. The number of rotatable bonds is 4. The van der Waals surface area contributed by atoms with E-state index in [1.807, 2.05) is 0 Å². The first-order chi connectivity index (χ1) is 10.7. The number of nitrogens with zero attached hydrogens (tertiary/aromatic N) is 1. The Morgan fingerprint density at radius 3 is 2.55 bits per heavy atom. The third-order valence-electron chi connectivity index (χ3n) is 5.65. The fourth-order valence-electron chi connectivity index (χ4n) is 3.99. The molecule has 1 aromatic carbocycles. The van der Waals surface area contributed by atoms with Crippen LogP contribution in [0.15, 0.2) is 24.3 Å². The number of benzene rings is 1. The normalized spacial score (nSPS) is 29.3. The van der Waals surface area contributed by atoms with Crippen LogP contribution in [-0.2, 0) is 4.79 Å². The molecule has 2 atom stereocenters. The third-order valence-corrected chi connectivity index (χ3v) is 5.65. The van der Waals surface area contributed by atoms with E-state index < -0.39 is 0 Å². The van der Waals surface area contributed by atoms with Gasteiger partial charge in [0, 0.05) is 31.1 Å². The van der Waals surface area contributed by atoms with Crippen LogP contribution in [-0.4, -0.2) is 36.0 Å². The van der Waals surface area contributed by atoms with Gasteiger partial charge in [-0.25, -0.2) is 0 Å². The molecule has 3 aliphatic rings. The van der Waals surface area contributed by atoms with Gasteiger partial charge in [-0.3, -0.25) is 4.79 Å². The van der Waals surface area contributed by atoms with Gasteiger partial charge in [-0.15, -0.1) is 0 Å². The third kappa shape index (κ3) is 2.91. The minimum atomic E-state index is 0.211. The molecule has 1 amide bonds. The van der Waals surface area contributed by atoms with Crippen LogP contribution in [0.4, 0.5) is 0 Å². The van der Waals surface area contributed by atoms with Crippen molar-refractivity contribution in [1.82, 2.24) is 10.2 Å². The zero-order chi connectivity index (χ0) is 15.1. The van der Waals surface area contributed by atoms with Gasteiger partial charge in [0.25, 0.3) is 0 Å². The monoisotopic (exact) mass is 298 g/mol. The summed E-state index contributed by atoms with van der Waals surface area (Å²) in [5.41, 5.74) is 2.69. The van der Waals surface area contributed by atoms with Crippen molar-refractivity contribution < 1.29 is 4.79 Å². The van der Waals surface area contributed by atoms with Gasteiger partial charge in [-0.2, -0.15) is 0 Å². The Kier molecular flexibility index (Phi) is 3.69. The van der Waals surface area contributed by atoms with Gasteiger partial charge in [0.15, 0.2) is 0 Å². The zero-order valence-electron chi connectivity index (χ0n) is 13.4. The quantitative estimate of drug-likeness (QED) is 0.927. The molecular weight excluding hydrogens is 272 g/mol. The van der Waals surface area contributed by atoms with Crippen molar-refractivity contribution in [3.8, 4) is 0 Å². The molecule has 3 fully saturated rings. The molecule has 1 heterocycles. The molecule has 1 aliphatic heterocycles. The molecule has 3 heteroatoms. The number of hydrogen-bond donors (Lipinski definition) is 1. The molecule has 4 rings (SSSR count). The zero-order valence-corrected chi connectivity index (χ0v) is 13.4. The number of likely N-dealkylation sites (tertiary alicyclic amines) is 1. The highest BCUT2D eigenvalue weighted by molar-refractivity contribution is 5.83. The fraction of sp³-hybridized carbons (Fsp3) is 0.632. The van der Waals surface area contributed by atoms with E-state index in [1.54, 1.807) is 0 Å². The SMILES string of the molecule is Cc1ccccc1[C@@H]1C[C@H]1C(=O)NC1CCN(C2CC2)CC1.